The van der Waals surface area contributed by atoms with Gasteiger partial charge in [0.2, 0.25) is 0 Å². The maximum atomic E-state index is 12.4. The molecule has 2 aromatic rings. The number of aliphatic hydroxyl groups excluding tert-OH is 1. The van der Waals surface area contributed by atoms with E-state index < -0.39 is 10.0 Å². The van der Waals surface area contributed by atoms with E-state index in [2.05, 4.69) is 20.7 Å². The molecule has 1 aromatic carbocycles. The van der Waals surface area contributed by atoms with Crippen LogP contribution >= 0.6 is 15.9 Å². The molecule has 0 saturated heterocycles. The van der Waals surface area contributed by atoms with Gasteiger partial charge in [0, 0.05) is 28.1 Å². The minimum atomic E-state index is -3.64. The van der Waals surface area contributed by atoms with Crippen molar-refractivity contribution in [2.75, 3.05) is 4.72 Å². The third-order valence-corrected chi connectivity index (χ3v) is 5.29. The fourth-order valence-corrected chi connectivity index (χ4v) is 3.57. The molecule has 112 valence electrons. The smallest absolute Gasteiger partial charge is 0.263 e. The Morgan fingerprint density at radius 1 is 1.29 bits per heavy atom. The highest BCUT2D eigenvalue weighted by Gasteiger charge is 2.28. The SMILES string of the molecule is O=S(=O)(Nc1ccc(Br)cc1)c1cc(CO)n(C2CC2)c1. The molecule has 1 aliphatic rings. The van der Waals surface area contributed by atoms with Crippen LogP contribution in [0.2, 0.25) is 0 Å². The largest absolute Gasteiger partial charge is 0.390 e. The summed E-state index contributed by atoms with van der Waals surface area (Å²) in [4.78, 5) is 0.182. The molecule has 0 bridgehead atoms. The van der Waals surface area contributed by atoms with Gasteiger partial charge in [-0.1, -0.05) is 15.9 Å². The zero-order valence-corrected chi connectivity index (χ0v) is 13.6. The van der Waals surface area contributed by atoms with Crippen LogP contribution in [-0.4, -0.2) is 18.1 Å². The lowest BCUT2D eigenvalue weighted by Gasteiger charge is -2.06. The van der Waals surface area contributed by atoms with Crippen LogP contribution in [0, 0.1) is 0 Å². The normalized spacial score (nSPS) is 15.1. The van der Waals surface area contributed by atoms with E-state index in [1.807, 2.05) is 4.57 Å². The molecule has 0 spiro atoms. The predicted octanol–water partition coefficient (Wildman–Crippen LogP) is 2.88. The monoisotopic (exact) mass is 370 g/mol. The summed E-state index contributed by atoms with van der Waals surface area (Å²) < 4.78 is 30.1. The molecule has 5 nitrogen and oxygen atoms in total. The summed E-state index contributed by atoms with van der Waals surface area (Å²) in [6, 6.07) is 8.76. The highest BCUT2D eigenvalue weighted by atomic mass is 79.9. The third-order valence-electron chi connectivity index (χ3n) is 3.42. The lowest BCUT2D eigenvalue weighted by Crippen LogP contribution is -2.12. The van der Waals surface area contributed by atoms with Crippen molar-refractivity contribution in [1.29, 1.82) is 0 Å². The van der Waals surface area contributed by atoms with Gasteiger partial charge in [-0.15, -0.1) is 0 Å². The lowest BCUT2D eigenvalue weighted by molar-refractivity contribution is 0.270. The number of anilines is 1. The third kappa shape index (κ3) is 3.14. The summed E-state index contributed by atoms with van der Waals surface area (Å²) in [5.41, 5.74) is 1.14. The van der Waals surface area contributed by atoms with Gasteiger partial charge >= 0.3 is 0 Å². The minimum absolute atomic E-state index is 0.162. The Hall–Kier alpha value is -1.31. The topological polar surface area (TPSA) is 71.3 Å². The Labute approximate surface area is 131 Å². The van der Waals surface area contributed by atoms with Crippen LogP contribution in [0.5, 0.6) is 0 Å². The minimum Gasteiger partial charge on any atom is -0.390 e. The number of nitrogens with zero attached hydrogens (tertiary/aromatic N) is 1. The second-order valence-electron chi connectivity index (χ2n) is 5.08. The summed E-state index contributed by atoms with van der Waals surface area (Å²) in [6.07, 6.45) is 3.66. The van der Waals surface area contributed by atoms with Gasteiger partial charge in [0.25, 0.3) is 10.0 Å². The van der Waals surface area contributed by atoms with E-state index in [1.165, 1.54) is 6.07 Å². The van der Waals surface area contributed by atoms with E-state index in [0.29, 0.717) is 17.4 Å². The van der Waals surface area contributed by atoms with Crippen molar-refractivity contribution in [1.82, 2.24) is 4.57 Å². The van der Waals surface area contributed by atoms with E-state index in [0.717, 1.165) is 17.3 Å². The number of halogens is 1. The summed E-state index contributed by atoms with van der Waals surface area (Å²) in [5.74, 6) is 0. The van der Waals surface area contributed by atoms with Gasteiger partial charge in [0.05, 0.1) is 6.61 Å². The van der Waals surface area contributed by atoms with E-state index in [1.54, 1.807) is 30.5 Å². The molecule has 0 amide bonds. The van der Waals surface area contributed by atoms with Crippen LogP contribution < -0.4 is 4.72 Å². The average Bonchev–Trinajstić information content (AvgIpc) is 3.19. The quantitative estimate of drug-likeness (QED) is 0.849. The van der Waals surface area contributed by atoms with Crippen molar-refractivity contribution in [2.24, 2.45) is 0 Å². The lowest BCUT2D eigenvalue weighted by atomic mass is 10.3. The molecule has 0 atom stereocenters. The molecule has 1 aromatic heterocycles. The van der Waals surface area contributed by atoms with Crippen LogP contribution in [0.1, 0.15) is 24.6 Å². The maximum Gasteiger partial charge on any atom is 0.263 e. The van der Waals surface area contributed by atoms with Gasteiger partial charge < -0.3 is 9.67 Å². The molecule has 1 fully saturated rings. The zero-order valence-electron chi connectivity index (χ0n) is 11.2. The summed E-state index contributed by atoms with van der Waals surface area (Å²) >= 11 is 3.31. The summed E-state index contributed by atoms with van der Waals surface area (Å²) in [5, 5.41) is 9.35. The van der Waals surface area contributed by atoms with Gasteiger partial charge in [-0.3, -0.25) is 4.72 Å². The fourth-order valence-electron chi connectivity index (χ4n) is 2.19. The summed E-state index contributed by atoms with van der Waals surface area (Å²) in [6.45, 7) is -0.162. The van der Waals surface area contributed by atoms with E-state index >= 15 is 0 Å². The van der Waals surface area contributed by atoms with Crippen molar-refractivity contribution >= 4 is 31.6 Å². The first-order valence-electron chi connectivity index (χ1n) is 6.59. The highest BCUT2D eigenvalue weighted by molar-refractivity contribution is 9.10. The van der Waals surface area contributed by atoms with Crippen molar-refractivity contribution in [3.63, 3.8) is 0 Å². The van der Waals surface area contributed by atoms with E-state index in [4.69, 9.17) is 0 Å². The first-order valence-corrected chi connectivity index (χ1v) is 8.87. The number of nitrogens with one attached hydrogen (secondary N) is 1. The molecule has 1 aliphatic carbocycles. The van der Waals surface area contributed by atoms with Crippen LogP contribution in [0.3, 0.4) is 0 Å². The maximum absolute atomic E-state index is 12.4. The first-order chi connectivity index (χ1) is 9.99. The van der Waals surface area contributed by atoms with Gasteiger partial charge in [-0.2, -0.15) is 0 Å². The number of aliphatic hydroxyl groups is 1. The average molecular weight is 371 g/mol. The number of sulfonamides is 1. The van der Waals surface area contributed by atoms with Crippen molar-refractivity contribution < 1.29 is 13.5 Å². The Balaban J connectivity index is 1.89. The van der Waals surface area contributed by atoms with Gasteiger partial charge in [0.15, 0.2) is 0 Å². The number of hydrogen-bond donors (Lipinski definition) is 2. The Kier molecular flexibility index (Phi) is 3.81. The molecule has 1 saturated carbocycles. The van der Waals surface area contributed by atoms with Crippen LogP contribution in [0.4, 0.5) is 5.69 Å². The fraction of sp³-hybridized carbons (Fsp3) is 0.286. The molecular weight excluding hydrogens is 356 g/mol. The van der Waals surface area contributed by atoms with Crippen molar-refractivity contribution in [2.45, 2.75) is 30.4 Å². The van der Waals surface area contributed by atoms with Crippen LogP contribution in [-0.2, 0) is 16.6 Å². The Bertz CT molecular complexity index is 749. The number of rotatable bonds is 5. The van der Waals surface area contributed by atoms with Gasteiger partial charge in [-0.25, -0.2) is 8.42 Å². The van der Waals surface area contributed by atoms with Gasteiger partial charge in [-0.05, 0) is 43.2 Å². The molecule has 2 N–H and O–H groups in total. The van der Waals surface area contributed by atoms with Crippen molar-refractivity contribution in [3.05, 3.63) is 46.7 Å². The molecule has 0 aliphatic heterocycles. The first kappa shape index (κ1) is 14.6. The molecule has 0 radical (unpaired) electrons. The van der Waals surface area contributed by atoms with Crippen LogP contribution in [0.15, 0.2) is 45.9 Å². The molecule has 1 heterocycles. The molecular formula is C14H15BrN2O3S. The Morgan fingerprint density at radius 2 is 1.95 bits per heavy atom. The molecule has 0 unspecified atom stereocenters. The van der Waals surface area contributed by atoms with Crippen molar-refractivity contribution in [3.8, 4) is 0 Å². The second-order valence-corrected chi connectivity index (χ2v) is 7.67. The van der Waals surface area contributed by atoms with E-state index in [9.17, 15) is 13.5 Å². The Morgan fingerprint density at radius 3 is 2.52 bits per heavy atom. The number of hydrogen-bond acceptors (Lipinski definition) is 3. The zero-order chi connectivity index (χ0) is 15.0. The molecule has 7 heteroatoms. The standard InChI is InChI=1S/C14H15BrN2O3S/c15-10-1-3-11(4-2-10)16-21(19,20)14-7-13(9-18)17(8-14)12-5-6-12/h1-4,7-8,12,16,18H,5-6,9H2. The van der Waals surface area contributed by atoms with Crippen LogP contribution in [0.25, 0.3) is 0 Å². The number of aromatic nitrogens is 1. The molecule has 3 rings (SSSR count). The summed E-state index contributed by atoms with van der Waals surface area (Å²) in [7, 11) is -3.64. The predicted molar refractivity (Wildman–Crippen MR) is 83.6 cm³/mol. The van der Waals surface area contributed by atoms with Gasteiger partial charge in [0.1, 0.15) is 4.90 Å². The number of benzene rings is 1. The molecule has 21 heavy (non-hydrogen) atoms. The highest BCUT2D eigenvalue weighted by Crippen LogP contribution is 2.37. The van der Waals surface area contributed by atoms with E-state index in [-0.39, 0.29) is 11.5 Å². The second kappa shape index (κ2) is 5.47.